The Labute approximate surface area is 240 Å². The largest absolute Gasteiger partial charge is 0.508 e. The number of ether oxygens (including phenoxy) is 3. The van der Waals surface area contributed by atoms with E-state index in [9.17, 15) is 55.2 Å². The number of aliphatic carboxylic acids is 1. The highest BCUT2D eigenvalue weighted by Gasteiger charge is 2.46. The van der Waals surface area contributed by atoms with Crippen molar-refractivity contribution in [2.24, 2.45) is 0 Å². The highest BCUT2D eigenvalue weighted by molar-refractivity contribution is 5.88. The van der Waals surface area contributed by atoms with E-state index in [2.05, 4.69) is 0 Å². The highest BCUT2D eigenvalue weighted by atomic mass is 16.7. The number of hydrogen-bond acceptors (Lipinski definition) is 15. The molecule has 0 radical (unpaired) electrons. The molecule has 16 nitrogen and oxygen atoms in total. The van der Waals surface area contributed by atoms with E-state index in [1.807, 2.05) is 0 Å². The number of rotatable bonds is 9. The molecule has 1 fully saturated rings. The number of phenolic OH excluding ortho intramolecular Hbond substituents is 4. The Morgan fingerprint density at radius 1 is 0.930 bits per heavy atom. The lowest BCUT2D eigenvalue weighted by molar-refractivity contribution is -0.278. The molecule has 6 atom stereocenters. The van der Waals surface area contributed by atoms with Gasteiger partial charge in [0.05, 0.1) is 18.4 Å². The van der Waals surface area contributed by atoms with Crippen molar-refractivity contribution in [3.63, 3.8) is 0 Å². The zero-order chi connectivity index (χ0) is 31.8. The topological polar surface area (TPSA) is 274 Å². The minimum absolute atomic E-state index is 0.0584. The molecule has 9 N–H and O–H groups in total. The van der Waals surface area contributed by atoms with E-state index in [0.29, 0.717) is 0 Å². The van der Waals surface area contributed by atoms with Gasteiger partial charge in [-0.2, -0.15) is 0 Å². The van der Waals surface area contributed by atoms with E-state index < -0.39 is 113 Å². The van der Waals surface area contributed by atoms with Gasteiger partial charge in [-0.1, -0.05) is 0 Å². The third kappa shape index (κ3) is 6.73. The maximum Gasteiger partial charge on any atom is 0.308 e. The van der Waals surface area contributed by atoms with E-state index in [1.54, 1.807) is 0 Å². The number of esters is 1. The summed E-state index contributed by atoms with van der Waals surface area (Å²) in [7, 11) is 0. The van der Waals surface area contributed by atoms with Gasteiger partial charge in [-0.25, -0.2) is 0 Å². The second-order valence-electron chi connectivity index (χ2n) is 10.2. The van der Waals surface area contributed by atoms with Crippen LogP contribution in [0.3, 0.4) is 0 Å². The first-order valence-electron chi connectivity index (χ1n) is 12.6. The molecule has 43 heavy (non-hydrogen) atoms. The number of benzene rings is 2. The fourth-order valence-electron chi connectivity index (χ4n) is 4.42. The summed E-state index contributed by atoms with van der Waals surface area (Å²) in [5.74, 6) is -5.93. The molecular formula is C27H28O16. The molecule has 1 aromatic heterocycles. The molecule has 3 aromatic rings. The van der Waals surface area contributed by atoms with Crippen molar-refractivity contribution in [1.29, 1.82) is 0 Å². The summed E-state index contributed by atoms with van der Waals surface area (Å²) in [6, 6.07) is 5.12. The number of carbonyl (C=O) groups is 2. The van der Waals surface area contributed by atoms with Crippen LogP contribution in [0.4, 0.5) is 0 Å². The Hall–Kier alpha value is -4.61. The van der Waals surface area contributed by atoms with Crippen LogP contribution in [-0.2, 0) is 19.1 Å². The fourth-order valence-corrected chi connectivity index (χ4v) is 4.42. The third-order valence-electron chi connectivity index (χ3n) is 6.52. The Balaban J connectivity index is 1.67. The number of carboxylic acid groups (broad SMARTS) is 1. The van der Waals surface area contributed by atoms with E-state index >= 15 is 0 Å². The predicted molar refractivity (Wildman–Crippen MR) is 140 cm³/mol. The molecule has 16 heteroatoms. The molecule has 232 valence electrons. The Bertz CT molecular complexity index is 1590. The summed E-state index contributed by atoms with van der Waals surface area (Å²) in [6.45, 7) is 0.329. The van der Waals surface area contributed by atoms with E-state index in [0.717, 1.165) is 31.2 Å². The molecule has 4 rings (SSSR count). The molecule has 1 aliphatic rings. The van der Waals surface area contributed by atoms with Gasteiger partial charge in [0, 0.05) is 17.7 Å². The summed E-state index contributed by atoms with van der Waals surface area (Å²) >= 11 is 0. The molecule has 1 aliphatic heterocycles. The zero-order valence-electron chi connectivity index (χ0n) is 22.3. The quantitative estimate of drug-likeness (QED) is 0.111. The number of aliphatic hydroxyl groups excluding tert-OH is 3. The molecule has 6 unspecified atom stereocenters. The molecule has 0 bridgehead atoms. The number of carbonyl (C=O) groups excluding carboxylic acids is 1. The Morgan fingerprint density at radius 3 is 2.28 bits per heavy atom. The van der Waals surface area contributed by atoms with Crippen LogP contribution in [0.1, 0.15) is 19.8 Å². The van der Waals surface area contributed by atoms with Crippen molar-refractivity contribution in [1.82, 2.24) is 0 Å². The lowest BCUT2D eigenvalue weighted by Crippen LogP contribution is -2.60. The molecule has 2 heterocycles. The third-order valence-corrected chi connectivity index (χ3v) is 6.52. The van der Waals surface area contributed by atoms with Crippen molar-refractivity contribution in [2.75, 3.05) is 6.61 Å². The van der Waals surface area contributed by atoms with Crippen molar-refractivity contribution in [3.8, 4) is 40.1 Å². The van der Waals surface area contributed by atoms with Crippen LogP contribution in [0.25, 0.3) is 22.3 Å². The van der Waals surface area contributed by atoms with Gasteiger partial charge in [0.15, 0.2) is 17.3 Å². The second kappa shape index (κ2) is 11.9. The second-order valence-corrected chi connectivity index (χ2v) is 10.2. The van der Waals surface area contributed by atoms with Gasteiger partial charge in [0.2, 0.25) is 17.5 Å². The smallest absolute Gasteiger partial charge is 0.308 e. The Morgan fingerprint density at radius 2 is 1.63 bits per heavy atom. The fraction of sp³-hybridized carbons (Fsp3) is 0.370. The first-order chi connectivity index (χ1) is 20.1. The molecule has 2 aromatic carbocycles. The van der Waals surface area contributed by atoms with Crippen LogP contribution in [0, 0.1) is 0 Å². The SMILES string of the molecule is CC(O)(CC(=O)O)CC(=O)OCC1OC(Oc2c(-c3ccc(O)c(O)c3)oc3cc(O)cc(O)c3c2=O)C(O)C(O)C1O. The van der Waals surface area contributed by atoms with Gasteiger partial charge in [0.25, 0.3) is 0 Å². The number of aromatic hydroxyl groups is 4. The van der Waals surface area contributed by atoms with Crippen LogP contribution in [-0.4, -0.2) is 101 Å². The van der Waals surface area contributed by atoms with Crippen molar-refractivity contribution < 1.29 is 74.2 Å². The summed E-state index contributed by atoms with van der Waals surface area (Å²) < 4.78 is 21.8. The number of hydrogen-bond donors (Lipinski definition) is 9. The zero-order valence-corrected chi connectivity index (χ0v) is 22.3. The maximum absolute atomic E-state index is 13.5. The lowest BCUT2D eigenvalue weighted by atomic mass is 9.98. The van der Waals surface area contributed by atoms with Gasteiger partial charge in [-0.05, 0) is 25.1 Å². The van der Waals surface area contributed by atoms with Gasteiger partial charge in [-0.15, -0.1) is 0 Å². The van der Waals surface area contributed by atoms with E-state index in [-0.39, 0.29) is 11.1 Å². The van der Waals surface area contributed by atoms with Gasteiger partial charge in [-0.3, -0.25) is 14.4 Å². The van der Waals surface area contributed by atoms with Gasteiger partial charge in [0.1, 0.15) is 53.5 Å². The molecule has 0 amide bonds. The van der Waals surface area contributed by atoms with E-state index in [4.69, 9.17) is 23.7 Å². The average Bonchev–Trinajstić information content (AvgIpc) is 2.89. The van der Waals surface area contributed by atoms with Crippen LogP contribution < -0.4 is 10.2 Å². The average molecular weight is 609 g/mol. The normalized spacial score (nSPS) is 23.4. The lowest BCUT2D eigenvalue weighted by Gasteiger charge is -2.39. The monoisotopic (exact) mass is 608 g/mol. The molecular weight excluding hydrogens is 580 g/mol. The van der Waals surface area contributed by atoms with Gasteiger partial charge >= 0.3 is 11.9 Å². The molecule has 0 aliphatic carbocycles. The minimum Gasteiger partial charge on any atom is -0.508 e. The van der Waals surface area contributed by atoms with Gasteiger partial charge < -0.3 is 64.6 Å². The summed E-state index contributed by atoms with van der Waals surface area (Å²) in [4.78, 5) is 36.6. The van der Waals surface area contributed by atoms with Crippen molar-refractivity contribution in [2.45, 2.75) is 56.1 Å². The van der Waals surface area contributed by atoms with E-state index in [1.165, 1.54) is 6.07 Å². The van der Waals surface area contributed by atoms with Crippen LogP contribution >= 0.6 is 0 Å². The number of carboxylic acids is 1. The number of fused-ring (bicyclic) bond motifs is 1. The van der Waals surface area contributed by atoms with Crippen molar-refractivity contribution >= 4 is 22.9 Å². The van der Waals surface area contributed by atoms with Crippen LogP contribution in [0.5, 0.6) is 28.7 Å². The van der Waals surface area contributed by atoms with Crippen molar-refractivity contribution in [3.05, 3.63) is 40.6 Å². The first kappa shape index (κ1) is 31.3. The van der Waals surface area contributed by atoms with Crippen LogP contribution in [0.2, 0.25) is 0 Å². The summed E-state index contributed by atoms with van der Waals surface area (Å²) in [6.07, 6.45) is -10.9. The summed E-state index contributed by atoms with van der Waals surface area (Å²) in [5.41, 5.74) is -3.39. The van der Waals surface area contributed by atoms with Crippen LogP contribution in [0.15, 0.2) is 39.5 Å². The first-order valence-corrected chi connectivity index (χ1v) is 12.6. The predicted octanol–water partition coefficient (Wildman–Crippen LogP) is -0.372. The highest BCUT2D eigenvalue weighted by Crippen LogP contribution is 2.39. The number of phenols is 4. The maximum atomic E-state index is 13.5. The summed E-state index contributed by atoms with van der Waals surface area (Å²) in [5, 5.41) is 89.8. The molecule has 0 spiro atoms. The molecule has 0 saturated carbocycles. The minimum atomic E-state index is -2.01. The number of aliphatic hydroxyl groups is 4. The Kier molecular flexibility index (Phi) is 8.70. The standard InChI is InChI=1S/C27H28O16/c1-27(39,7-17(32)33)8-18(34)40-9-16-20(35)22(37)23(38)26(42-16)43-25-21(36)19-14(31)5-11(28)6-15(19)41-24(25)10-2-3-12(29)13(30)4-10/h2-6,16,20,22-23,26,28-31,35,37-39H,7-9H2,1H3,(H,32,33). The molecule has 1 saturated heterocycles.